The van der Waals surface area contributed by atoms with Gasteiger partial charge in [-0.2, -0.15) is 10.2 Å². The Hall–Kier alpha value is -2.26. The second kappa shape index (κ2) is 5.38. The number of hydrogen-bond donors (Lipinski definition) is 1. The second-order valence-electron chi connectivity index (χ2n) is 3.76. The Morgan fingerprint density at radius 2 is 2.28 bits per heavy atom. The minimum atomic E-state index is -0.400. The first-order valence-corrected chi connectivity index (χ1v) is 5.37. The van der Waals surface area contributed by atoms with Crippen molar-refractivity contribution in [2.45, 2.75) is 20.0 Å². The van der Waals surface area contributed by atoms with Crippen LogP contribution in [0.25, 0.3) is 0 Å². The quantitative estimate of drug-likeness (QED) is 0.888. The summed E-state index contributed by atoms with van der Waals surface area (Å²) in [7, 11) is 0. The molecule has 5 nitrogen and oxygen atoms in total. The summed E-state index contributed by atoms with van der Waals surface area (Å²) < 4.78 is 18.4. The molecule has 0 fully saturated rings. The minimum absolute atomic E-state index is 0.309. The van der Waals surface area contributed by atoms with Crippen molar-refractivity contribution in [2.24, 2.45) is 0 Å². The highest BCUT2D eigenvalue weighted by atomic mass is 19.1. The minimum Gasteiger partial charge on any atom is -0.338 e. The maximum absolute atomic E-state index is 13.5. The maximum Gasteiger partial charge on any atom is 0.240 e. The molecule has 1 N–H and O–H groups in total. The van der Waals surface area contributed by atoms with Crippen LogP contribution in [0.5, 0.6) is 0 Å². The number of nitriles is 1. The smallest absolute Gasteiger partial charge is 0.240 e. The Morgan fingerprint density at radius 1 is 1.44 bits per heavy atom. The first kappa shape index (κ1) is 12.2. The Labute approximate surface area is 103 Å². The van der Waals surface area contributed by atoms with Gasteiger partial charge in [-0.3, -0.25) is 0 Å². The van der Waals surface area contributed by atoms with E-state index >= 15 is 0 Å². The standard InChI is InChI=1S/C12H11FN4O/c1-8-16-12(18-17-8)7-15-6-10-3-2-9(5-14)4-11(10)13/h2-4,15H,6-7H2,1H3. The predicted octanol–water partition coefficient (Wildman–Crippen LogP) is 1.68. The summed E-state index contributed by atoms with van der Waals surface area (Å²) in [6.07, 6.45) is 0. The molecule has 0 radical (unpaired) electrons. The van der Waals surface area contributed by atoms with Crippen molar-refractivity contribution in [3.05, 3.63) is 46.9 Å². The molecule has 1 aromatic carbocycles. The highest BCUT2D eigenvalue weighted by Gasteiger charge is 2.05. The summed E-state index contributed by atoms with van der Waals surface area (Å²) in [5, 5.41) is 15.3. The Bertz CT molecular complexity index is 588. The normalized spacial score (nSPS) is 10.3. The van der Waals surface area contributed by atoms with Crippen LogP contribution in [0.3, 0.4) is 0 Å². The summed E-state index contributed by atoms with van der Waals surface area (Å²) >= 11 is 0. The molecule has 0 aliphatic carbocycles. The molecule has 1 heterocycles. The van der Waals surface area contributed by atoms with E-state index in [4.69, 9.17) is 9.78 Å². The van der Waals surface area contributed by atoms with Crippen molar-refractivity contribution in [1.82, 2.24) is 15.5 Å². The topological polar surface area (TPSA) is 74.7 Å². The third-order valence-electron chi connectivity index (χ3n) is 2.34. The number of halogens is 1. The molecule has 0 amide bonds. The lowest BCUT2D eigenvalue weighted by molar-refractivity contribution is 0.363. The number of nitrogens with zero attached hydrogens (tertiary/aromatic N) is 3. The number of aromatic nitrogens is 2. The van der Waals surface area contributed by atoms with Crippen LogP contribution in [0, 0.1) is 24.1 Å². The lowest BCUT2D eigenvalue weighted by atomic mass is 10.1. The van der Waals surface area contributed by atoms with Gasteiger partial charge in [-0.25, -0.2) is 4.39 Å². The van der Waals surface area contributed by atoms with E-state index in [0.29, 0.717) is 35.9 Å². The van der Waals surface area contributed by atoms with Crippen LogP contribution < -0.4 is 5.32 Å². The molecule has 0 aliphatic heterocycles. The number of hydrogen-bond acceptors (Lipinski definition) is 5. The van der Waals surface area contributed by atoms with Gasteiger partial charge < -0.3 is 9.84 Å². The molecular weight excluding hydrogens is 235 g/mol. The number of rotatable bonds is 4. The maximum atomic E-state index is 13.5. The van der Waals surface area contributed by atoms with Crippen molar-refractivity contribution in [3.63, 3.8) is 0 Å². The lowest BCUT2D eigenvalue weighted by Gasteiger charge is -2.03. The summed E-state index contributed by atoms with van der Waals surface area (Å²) in [4.78, 5) is 4.01. The van der Waals surface area contributed by atoms with Crippen LogP contribution in [0.15, 0.2) is 22.7 Å². The molecule has 0 saturated carbocycles. The van der Waals surface area contributed by atoms with E-state index in [1.807, 2.05) is 6.07 Å². The molecule has 1 aromatic heterocycles. The van der Waals surface area contributed by atoms with Gasteiger partial charge in [0.25, 0.3) is 0 Å². The summed E-state index contributed by atoms with van der Waals surface area (Å²) in [5.74, 6) is 0.626. The first-order chi connectivity index (χ1) is 8.69. The summed E-state index contributed by atoms with van der Waals surface area (Å²) in [6, 6.07) is 6.27. The molecule has 6 heteroatoms. The number of aryl methyl sites for hydroxylation is 1. The van der Waals surface area contributed by atoms with Gasteiger partial charge >= 0.3 is 0 Å². The van der Waals surface area contributed by atoms with Crippen LogP contribution in [0.1, 0.15) is 22.8 Å². The molecule has 92 valence electrons. The zero-order valence-corrected chi connectivity index (χ0v) is 9.77. The van der Waals surface area contributed by atoms with Gasteiger partial charge in [0.15, 0.2) is 5.82 Å². The van der Waals surface area contributed by atoms with E-state index < -0.39 is 5.82 Å². The molecule has 0 atom stereocenters. The van der Waals surface area contributed by atoms with Crippen LogP contribution in [0.4, 0.5) is 4.39 Å². The van der Waals surface area contributed by atoms with Gasteiger partial charge in [0.05, 0.1) is 18.2 Å². The Morgan fingerprint density at radius 3 is 2.89 bits per heavy atom. The number of nitrogens with one attached hydrogen (secondary N) is 1. The molecule has 2 rings (SSSR count). The average Bonchev–Trinajstić information content (AvgIpc) is 2.77. The molecule has 18 heavy (non-hydrogen) atoms. The first-order valence-electron chi connectivity index (χ1n) is 5.37. The molecule has 0 saturated heterocycles. The van der Waals surface area contributed by atoms with Gasteiger partial charge in [-0.05, 0) is 19.1 Å². The van der Waals surface area contributed by atoms with E-state index in [0.717, 1.165) is 0 Å². The van der Waals surface area contributed by atoms with Crippen LogP contribution in [-0.2, 0) is 13.1 Å². The van der Waals surface area contributed by atoms with Crippen LogP contribution in [0.2, 0.25) is 0 Å². The fourth-order valence-electron chi connectivity index (χ4n) is 1.48. The van der Waals surface area contributed by atoms with E-state index in [9.17, 15) is 4.39 Å². The zero-order valence-electron chi connectivity index (χ0n) is 9.77. The van der Waals surface area contributed by atoms with Crippen molar-refractivity contribution in [1.29, 1.82) is 5.26 Å². The molecule has 0 unspecified atom stereocenters. The molecule has 2 aromatic rings. The third kappa shape index (κ3) is 2.90. The van der Waals surface area contributed by atoms with Crippen molar-refractivity contribution in [2.75, 3.05) is 0 Å². The van der Waals surface area contributed by atoms with Gasteiger partial charge in [0, 0.05) is 12.1 Å². The molecule has 0 aliphatic rings. The Kier molecular flexibility index (Phi) is 3.65. The SMILES string of the molecule is Cc1noc(CNCc2ccc(C#N)cc2F)n1. The lowest BCUT2D eigenvalue weighted by Crippen LogP contribution is -2.14. The highest BCUT2D eigenvalue weighted by Crippen LogP contribution is 2.09. The van der Waals surface area contributed by atoms with Crippen LogP contribution in [-0.4, -0.2) is 10.1 Å². The fourth-order valence-corrected chi connectivity index (χ4v) is 1.48. The van der Waals surface area contributed by atoms with Gasteiger partial charge in [0.1, 0.15) is 5.82 Å². The molecule has 0 spiro atoms. The van der Waals surface area contributed by atoms with Crippen molar-refractivity contribution >= 4 is 0 Å². The highest BCUT2D eigenvalue weighted by molar-refractivity contribution is 5.32. The zero-order chi connectivity index (χ0) is 13.0. The monoisotopic (exact) mass is 246 g/mol. The van der Waals surface area contributed by atoms with Crippen molar-refractivity contribution in [3.8, 4) is 6.07 Å². The van der Waals surface area contributed by atoms with E-state index in [1.165, 1.54) is 6.07 Å². The number of benzene rings is 1. The Balaban J connectivity index is 1.92. The van der Waals surface area contributed by atoms with E-state index in [-0.39, 0.29) is 0 Å². The van der Waals surface area contributed by atoms with Gasteiger partial charge in [-0.1, -0.05) is 11.2 Å². The summed E-state index contributed by atoms with van der Waals surface area (Å²) in [6.45, 7) is 2.44. The second-order valence-corrected chi connectivity index (χ2v) is 3.76. The van der Waals surface area contributed by atoms with Gasteiger partial charge in [0.2, 0.25) is 5.89 Å². The van der Waals surface area contributed by atoms with Crippen LogP contribution >= 0.6 is 0 Å². The summed E-state index contributed by atoms with van der Waals surface area (Å²) in [5.41, 5.74) is 0.800. The largest absolute Gasteiger partial charge is 0.338 e. The predicted molar refractivity (Wildman–Crippen MR) is 60.7 cm³/mol. The third-order valence-corrected chi connectivity index (χ3v) is 2.34. The van der Waals surface area contributed by atoms with Crippen molar-refractivity contribution < 1.29 is 8.91 Å². The molecule has 0 bridgehead atoms. The average molecular weight is 246 g/mol. The van der Waals surface area contributed by atoms with E-state index in [2.05, 4.69) is 15.5 Å². The van der Waals surface area contributed by atoms with Gasteiger partial charge in [-0.15, -0.1) is 0 Å². The molecular formula is C12H11FN4O. The van der Waals surface area contributed by atoms with E-state index in [1.54, 1.807) is 19.1 Å². The fraction of sp³-hybridized carbons (Fsp3) is 0.250.